The van der Waals surface area contributed by atoms with Gasteiger partial charge in [0.05, 0.1) is 11.3 Å². The van der Waals surface area contributed by atoms with Crippen LogP contribution in [-0.4, -0.2) is 53.3 Å². The molecule has 0 radical (unpaired) electrons. The molecule has 0 atom stereocenters. The number of aryl methyl sites for hydroxylation is 1. The van der Waals surface area contributed by atoms with Gasteiger partial charge in [-0.25, -0.2) is 4.79 Å². The average molecular weight is 500 g/mol. The van der Waals surface area contributed by atoms with Crippen molar-refractivity contribution in [3.8, 4) is 11.3 Å². The topological polar surface area (TPSA) is 48.7 Å². The fourth-order valence-electron chi connectivity index (χ4n) is 7.18. The molecule has 5 nitrogen and oxygen atoms in total. The number of carboxylic acids is 1. The third kappa shape index (κ3) is 4.79. The van der Waals surface area contributed by atoms with Crippen LogP contribution >= 0.6 is 0 Å². The summed E-state index contributed by atoms with van der Waals surface area (Å²) < 4.78 is 2.46. The van der Waals surface area contributed by atoms with Gasteiger partial charge in [-0.3, -0.25) is 0 Å². The number of likely N-dealkylation sites (tertiary alicyclic amines) is 1. The van der Waals surface area contributed by atoms with Crippen molar-refractivity contribution in [3.05, 3.63) is 53.1 Å². The molecule has 3 heterocycles. The number of aromatic nitrogens is 1. The van der Waals surface area contributed by atoms with Gasteiger partial charge in [-0.05, 0) is 93.9 Å². The van der Waals surface area contributed by atoms with Gasteiger partial charge in [0.15, 0.2) is 0 Å². The number of hydrogen-bond donors (Lipinski definition) is 1. The number of fused-ring (bicyclic) bond motifs is 5. The van der Waals surface area contributed by atoms with Crippen LogP contribution < -0.4 is 4.90 Å². The molecule has 37 heavy (non-hydrogen) atoms. The predicted octanol–water partition coefficient (Wildman–Crippen LogP) is 7.06. The van der Waals surface area contributed by atoms with E-state index in [4.69, 9.17) is 0 Å². The summed E-state index contributed by atoms with van der Waals surface area (Å²) in [5.74, 6) is -0.302. The van der Waals surface area contributed by atoms with Crippen molar-refractivity contribution in [2.24, 2.45) is 0 Å². The molecule has 1 aromatic heterocycles. The first-order valence-electron chi connectivity index (χ1n) is 14.6. The summed E-state index contributed by atoms with van der Waals surface area (Å²) in [5.41, 5.74) is 8.28. The summed E-state index contributed by atoms with van der Waals surface area (Å²) in [5, 5.41) is 11.0. The minimum Gasteiger partial charge on any atom is -0.478 e. The van der Waals surface area contributed by atoms with Crippen LogP contribution in [0.1, 0.15) is 85.2 Å². The zero-order valence-electron chi connectivity index (χ0n) is 22.3. The van der Waals surface area contributed by atoms with E-state index < -0.39 is 5.97 Å². The smallest absolute Gasteiger partial charge is 0.335 e. The van der Waals surface area contributed by atoms with Gasteiger partial charge in [-0.1, -0.05) is 43.9 Å². The molecule has 5 heteroatoms. The standard InChI is InChI=1S/C32H41N3O2/c1-23-11-13-27-28(21-23)34(18-8-17-33-15-6-3-7-16-33)19-20-35-29-22-25(32(36)37)12-14-26(29)30(31(27)35)24-9-4-2-5-10-24/h11-14,21-22,24H,2-10,15-20H2,1H3,(H,36,37). The Hall–Kier alpha value is -2.79. The quantitative estimate of drug-likeness (QED) is 0.394. The molecule has 1 aliphatic carbocycles. The van der Waals surface area contributed by atoms with Crippen molar-refractivity contribution in [3.63, 3.8) is 0 Å². The van der Waals surface area contributed by atoms with Crippen molar-refractivity contribution in [1.82, 2.24) is 9.47 Å². The van der Waals surface area contributed by atoms with Gasteiger partial charge in [0, 0.05) is 41.8 Å². The SMILES string of the molecule is Cc1ccc2c(c1)N(CCCN1CCCCC1)CCn1c-2c(C2CCCCC2)c2ccc(C(=O)O)cc21. The zero-order chi connectivity index (χ0) is 25.4. The second-order valence-corrected chi connectivity index (χ2v) is 11.5. The molecule has 6 rings (SSSR count). The van der Waals surface area contributed by atoms with Crippen LogP contribution in [0, 0.1) is 6.92 Å². The van der Waals surface area contributed by atoms with E-state index in [0.717, 1.165) is 25.2 Å². The molecule has 2 aliphatic heterocycles. The molecule has 2 fully saturated rings. The second-order valence-electron chi connectivity index (χ2n) is 11.5. The highest BCUT2D eigenvalue weighted by Gasteiger charge is 2.30. The summed E-state index contributed by atoms with van der Waals surface area (Å²) in [4.78, 5) is 17.2. The maximum absolute atomic E-state index is 11.9. The molecule has 0 bridgehead atoms. The van der Waals surface area contributed by atoms with Gasteiger partial charge in [0.25, 0.3) is 0 Å². The van der Waals surface area contributed by atoms with E-state index in [1.165, 1.54) is 111 Å². The second kappa shape index (κ2) is 10.5. The Morgan fingerprint density at radius 2 is 1.68 bits per heavy atom. The minimum atomic E-state index is -0.847. The first-order valence-corrected chi connectivity index (χ1v) is 14.6. The Balaban J connectivity index is 1.43. The van der Waals surface area contributed by atoms with Crippen LogP contribution in [0.3, 0.4) is 0 Å². The molecule has 1 N–H and O–H groups in total. The van der Waals surface area contributed by atoms with Crippen LogP contribution in [0.5, 0.6) is 0 Å². The Kier molecular flexibility index (Phi) is 6.98. The Morgan fingerprint density at radius 1 is 0.892 bits per heavy atom. The van der Waals surface area contributed by atoms with Crippen LogP contribution in [0.15, 0.2) is 36.4 Å². The molecule has 0 unspecified atom stereocenters. The van der Waals surface area contributed by atoms with Gasteiger partial charge in [-0.15, -0.1) is 0 Å². The van der Waals surface area contributed by atoms with Gasteiger partial charge in [0.2, 0.25) is 0 Å². The van der Waals surface area contributed by atoms with Crippen molar-refractivity contribution in [2.45, 2.75) is 77.2 Å². The highest BCUT2D eigenvalue weighted by Crippen LogP contribution is 2.47. The lowest BCUT2D eigenvalue weighted by atomic mass is 9.81. The average Bonchev–Trinajstić information content (AvgIpc) is 3.16. The van der Waals surface area contributed by atoms with Crippen molar-refractivity contribution in [1.29, 1.82) is 0 Å². The number of aromatic carboxylic acids is 1. The molecule has 0 amide bonds. The van der Waals surface area contributed by atoms with Crippen molar-refractivity contribution in [2.75, 3.05) is 37.6 Å². The molecule has 1 saturated heterocycles. The lowest BCUT2D eigenvalue weighted by Crippen LogP contribution is -2.34. The number of carbonyl (C=O) groups is 1. The third-order valence-electron chi connectivity index (χ3n) is 9.06. The number of nitrogens with zero attached hydrogens (tertiary/aromatic N) is 3. The molecule has 2 aromatic carbocycles. The van der Waals surface area contributed by atoms with Crippen LogP contribution in [0.2, 0.25) is 0 Å². The summed E-state index contributed by atoms with van der Waals surface area (Å²) in [6.45, 7) is 8.80. The highest BCUT2D eigenvalue weighted by molar-refractivity contribution is 5.99. The van der Waals surface area contributed by atoms with Gasteiger partial charge < -0.3 is 19.5 Å². The Bertz CT molecular complexity index is 1280. The molecule has 1 saturated carbocycles. The fraction of sp³-hybridized carbons (Fsp3) is 0.531. The van der Waals surface area contributed by atoms with E-state index in [2.05, 4.69) is 45.6 Å². The van der Waals surface area contributed by atoms with Crippen LogP contribution in [0.25, 0.3) is 22.2 Å². The van der Waals surface area contributed by atoms with E-state index in [1.54, 1.807) is 6.07 Å². The Labute approximate surface area is 221 Å². The minimum absolute atomic E-state index is 0.384. The normalized spacial score (nSPS) is 19.0. The Morgan fingerprint density at radius 3 is 2.46 bits per heavy atom. The number of rotatable bonds is 6. The summed E-state index contributed by atoms with van der Waals surface area (Å²) in [7, 11) is 0. The molecule has 0 spiro atoms. The number of anilines is 1. The van der Waals surface area contributed by atoms with E-state index in [-0.39, 0.29) is 0 Å². The van der Waals surface area contributed by atoms with Gasteiger partial charge in [-0.2, -0.15) is 0 Å². The maximum Gasteiger partial charge on any atom is 0.335 e. The molecule has 3 aromatic rings. The summed E-state index contributed by atoms with van der Waals surface area (Å²) in [6, 6.07) is 12.8. The molecular formula is C32H41N3O2. The van der Waals surface area contributed by atoms with Gasteiger partial charge >= 0.3 is 5.97 Å². The predicted molar refractivity (Wildman–Crippen MR) is 152 cm³/mol. The first kappa shape index (κ1) is 24.5. The first-order chi connectivity index (χ1) is 18.1. The summed E-state index contributed by atoms with van der Waals surface area (Å²) in [6.07, 6.45) is 11.6. The number of carboxylic acid groups (broad SMARTS) is 1. The highest BCUT2D eigenvalue weighted by atomic mass is 16.4. The zero-order valence-corrected chi connectivity index (χ0v) is 22.3. The molecular weight excluding hydrogens is 458 g/mol. The molecule has 196 valence electrons. The van der Waals surface area contributed by atoms with Crippen LogP contribution in [-0.2, 0) is 6.54 Å². The largest absolute Gasteiger partial charge is 0.478 e. The van der Waals surface area contributed by atoms with E-state index >= 15 is 0 Å². The number of hydrogen-bond acceptors (Lipinski definition) is 3. The van der Waals surface area contributed by atoms with E-state index in [0.29, 0.717) is 11.5 Å². The van der Waals surface area contributed by atoms with E-state index in [9.17, 15) is 9.90 Å². The molecule has 3 aliphatic rings. The van der Waals surface area contributed by atoms with E-state index in [1.807, 2.05) is 6.07 Å². The lowest BCUT2D eigenvalue weighted by Gasteiger charge is -2.29. The summed E-state index contributed by atoms with van der Waals surface area (Å²) >= 11 is 0. The monoisotopic (exact) mass is 499 g/mol. The number of piperidine rings is 1. The number of benzene rings is 2. The maximum atomic E-state index is 11.9. The van der Waals surface area contributed by atoms with Crippen LogP contribution in [0.4, 0.5) is 5.69 Å². The van der Waals surface area contributed by atoms with Gasteiger partial charge in [0.1, 0.15) is 0 Å². The fourth-order valence-corrected chi connectivity index (χ4v) is 7.18. The third-order valence-corrected chi connectivity index (χ3v) is 9.06. The van der Waals surface area contributed by atoms with Crippen molar-refractivity contribution < 1.29 is 9.90 Å². The lowest BCUT2D eigenvalue weighted by molar-refractivity contribution is 0.0697. The van der Waals surface area contributed by atoms with Crippen molar-refractivity contribution >= 4 is 22.6 Å².